The Morgan fingerprint density at radius 3 is 2.83 bits per heavy atom. The number of rotatable bonds is 0. The van der Waals surface area contributed by atoms with Crippen LogP contribution in [-0.4, -0.2) is 5.91 Å². The maximum atomic E-state index is 11.2. The lowest BCUT2D eigenvalue weighted by atomic mass is 10.1. The number of carbonyl (C=O) groups excluding carboxylic acids is 1. The van der Waals surface area contributed by atoms with Gasteiger partial charge in [0.05, 0.1) is 10.6 Å². The predicted molar refractivity (Wildman–Crippen MR) is 47.6 cm³/mol. The lowest BCUT2D eigenvalue weighted by Gasteiger charge is -1.98. The smallest absolute Gasteiger partial charge is 0.253 e. The van der Waals surface area contributed by atoms with Crippen LogP contribution in [-0.2, 0) is 6.54 Å². The molecule has 0 spiro atoms. The van der Waals surface area contributed by atoms with Gasteiger partial charge in [-0.3, -0.25) is 4.79 Å². The third-order valence-electron chi connectivity index (χ3n) is 1.80. The number of nitrogens with one attached hydrogen (secondary N) is 1. The molecule has 0 aliphatic carbocycles. The summed E-state index contributed by atoms with van der Waals surface area (Å²) in [5.74, 6) is -0.119. The van der Waals surface area contributed by atoms with Crippen LogP contribution >= 0.6 is 23.2 Å². The molecule has 0 saturated carbocycles. The van der Waals surface area contributed by atoms with Gasteiger partial charge in [0.15, 0.2) is 0 Å². The molecule has 1 aromatic rings. The van der Waals surface area contributed by atoms with E-state index in [1.807, 2.05) is 0 Å². The molecule has 1 aliphatic heterocycles. The fourth-order valence-corrected chi connectivity index (χ4v) is 1.91. The summed E-state index contributed by atoms with van der Waals surface area (Å²) in [6.07, 6.45) is 0. The topological polar surface area (TPSA) is 29.1 Å². The lowest BCUT2D eigenvalue weighted by molar-refractivity contribution is 0.0966. The maximum absolute atomic E-state index is 11.2. The molecular formula is C8H5Cl2NO. The van der Waals surface area contributed by atoms with Gasteiger partial charge in [0.25, 0.3) is 5.91 Å². The molecule has 62 valence electrons. The lowest BCUT2D eigenvalue weighted by Crippen LogP contribution is -2.12. The zero-order valence-electron chi connectivity index (χ0n) is 6.03. The van der Waals surface area contributed by atoms with Gasteiger partial charge in [-0.05, 0) is 17.7 Å². The number of amides is 1. The minimum absolute atomic E-state index is 0.119. The first-order valence-electron chi connectivity index (χ1n) is 3.44. The fourth-order valence-electron chi connectivity index (χ4n) is 1.28. The molecule has 2 rings (SSSR count). The molecule has 1 heterocycles. The van der Waals surface area contributed by atoms with E-state index in [4.69, 9.17) is 23.2 Å². The van der Waals surface area contributed by atoms with Crippen LogP contribution in [0, 0.1) is 0 Å². The minimum atomic E-state index is -0.119. The maximum Gasteiger partial charge on any atom is 0.253 e. The Balaban J connectivity index is 2.68. The third-order valence-corrected chi connectivity index (χ3v) is 2.32. The van der Waals surface area contributed by atoms with Gasteiger partial charge in [0.1, 0.15) is 0 Å². The van der Waals surface area contributed by atoms with Crippen molar-refractivity contribution in [3.8, 4) is 0 Å². The molecule has 0 bridgehead atoms. The van der Waals surface area contributed by atoms with Crippen molar-refractivity contribution in [2.75, 3.05) is 0 Å². The van der Waals surface area contributed by atoms with Crippen molar-refractivity contribution in [1.29, 1.82) is 0 Å². The van der Waals surface area contributed by atoms with Gasteiger partial charge in [-0.15, -0.1) is 0 Å². The predicted octanol–water partition coefficient (Wildman–Crippen LogP) is 2.24. The van der Waals surface area contributed by atoms with Crippen LogP contribution in [0.3, 0.4) is 0 Å². The quantitative estimate of drug-likeness (QED) is 0.686. The number of hydrogen-bond acceptors (Lipinski definition) is 1. The van der Waals surface area contributed by atoms with E-state index in [1.54, 1.807) is 12.1 Å². The molecule has 1 aromatic carbocycles. The van der Waals surface area contributed by atoms with E-state index in [0.717, 1.165) is 5.56 Å². The van der Waals surface area contributed by atoms with Crippen molar-refractivity contribution in [2.45, 2.75) is 6.54 Å². The van der Waals surface area contributed by atoms with Crippen molar-refractivity contribution in [3.05, 3.63) is 33.3 Å². The standard InChI is InChI=1S/C8H5Cl2NO/c9-5-1-4-3-11-8(12)7(4)6(10)2-5/h1-2H,3H2,(H,11,12). The number of hydrogen-bond donors (Lipinski definition) is 1. The summed E-state index contributed by atoms with van der Waals surface area (Å²) < 4.78 is 0. The summed E-state index contributed by atoms with van der Waals surface area (Å²) in [4.78, 5) is 11.2. The van der Waals surface area contributed by atoms with E-state index in [0.29, 0.717) is 22.2 Å². The molecule has 2 nitrogen and oxygen atoms in total. The Labute approximate surface area is 79.5 Å². The normalized spacial score (nSPS) is 14.3. The van der Waals surface area contributed by atoms with Gasteiger partial charge < -0.3 is 5.32 Å². The van der Waals surface area contributed by atoms with Crippen molar-refractivity contribution >= 4 is 29.1 Å². The van der Waals surface area contributed by atoms with E-state index < -0.39 is 0 Å². The van der Waals surface area contributed by atoms with Crippen LogP contribution < -0.4 is 5.32 Å². The Morgan fingerprint density at radius 2 is 2.08 bits per heavy atom. The highest BCUT2D eigenvalue weighted by molar-refractivity contribution is 6.37. The van der Waals surface area contributed by atoms with Crippen LogP contribution in [0.2, 0.25) is 10.0 Å². The number of fused-ring (bicyclic) bond motifs is 1. The van der Waals surface area contributed by atoms with Crippen LogP contribution in [0.25, 0.3) is 0 Å². The number of benzene rings is 1. The van der Waals surface area contributed by atoms with Gasteiger partial charge in [0, 0.05) is 11.6 Å². The molecule has 0 unspecified atom stereocenters. The second-order valence-corrected chi connectivity index (χ2v) is 3.45. The largest absolute Gasteiger partial charge is 0.348 e. The summed E-state index contributed by atoms with van der Waals surface area (Å²) in [5.41, 5.74) is 1.43. The molecule has 0 atom stereocenters. The Bertz CT molecular complexity index is 362. The van der Waals surface area contributed by atoms with Crippen molar-refractivity contribution in [1.82, 2.24) is 5.32 Å². The van der Waals surface area contributed by atoms with E-state index >= 15 is 0 Å². The van der Waals surface area contributed by atoms with Crippen LogP contribution in [0.15, 0.2) is 12.1 Å². The second-order valence-electron chi connectivity index (χ2n) is 2.60. The fraction of sp³-hybridized carbons (Fsp3) is 0.125. The second kappa shape index (κ2) is 2.64. The monoisotopic (exact) mass is 201 g/mol. The zero-order chi connectivity index (χ0) is 8.72. The summed E-state index contributed by atoms with van der Waals surface area (Å²) in [5, 5.41) is 3.66. The van der Waals surface area contributed by atoms with Crippen molar-refractivity contribution < 1.29 is 4.79 Å². The molecule has 0 fully saturated rings. The van der Waals surface area contributed by atoms with E-state index in [-0.39, 0.29) is 5.91 Å². The van der Waals surface area contributed by atoms with E-state index in [2.05, 4.69) is 5.32 Å². The van der Waals surface area contributed by atoms with Gasteiger partial charge in [-0.2, -0.15) is 0 Å². The SMILES string of the molecule is O=C1NCc2cc(Cl)cc(Cl)c21. The highest BCUT2D eigenvalue weighted by atomic mass is 35.5. The van der Waals surface area contributed by atoms with E-state index in [1.165, 1.54) is 0 Å². The zero-order valence-corrected chi connectivity index (χ0v) is 7.54. The van der Waals surface area contributed by atoms with Crippen LogP contribution in [0.5, 0.6) is 0 Å². The first kappa shape index (κ1) is 7.90. The molecule has 12 heavy (non-hydrogen) atoms. The highest BCUT2D eigenvalue weighted by Crippen LogP contribution is 2.28. The average Bonchev–Trinajstić information content (AvgIpc) is 2.31. The third kappa shape index (κ3) is 1.08. The molecule has 1 amide bonds. The van der Waals surface area contributed by atoms with Gasteiger partial charge in [-0.1, -0.05) is 23.2 Å². The molecule has 4 heteroatoms. The molecule has 1 N–H and O–H groups in total. The first-order chi connectivity index (χ1) is 5.68. The average molecular weight is 202 g/mol. The summed E-state index contributed by atoms with van der Waals surface area (Å²) in [6, 6.07) is 3.33. The van der Waals surface area contributed by atoms with Gasteiger partial charge in [0.2, 0.25) is 0 Å². The van der Waals surface area contributed by atoms with Crippen molar-refractivity contribution in [2.24, 2.45) is 0 Å². The molecule has 0 saturated heterocycles. The van der Waals surface area contributed by atoms with Gasteiger partial charge in [-0.25, -0.2) is 0 Å². The summed E-state index contributed by atoms with van der Waals surface area (Å²) in [6.45, 7) is 0.522. The highest BCUT2D eigenvalue weighted by Gasteiger charge is 2.22. The first-order valence-corrected chi connectivity index (χ1v) is 4.20. The van der Waals surface area contributed by atoms with Crippen LogP contribution in [0.4, 0.5) is 0 Å². The Morgan fingerprint density at radius 1 is 1.33 bits per heavy atom. The number of carbonyl (C=O) groups is 1. The van der Waals surface area contributed by atoms with Crippen LogP contribution in [0.1, 0.15) is 15.9 Å². The molecular weight excluding hydrogens is 197 g/mol. The van der Waals surface area contributed by atoms with E-state index in [9.17, 15) is 4.79 Å². The minimum Gasteiger partial charge on any atom is -0.348 e. The molecule has 0 radical (unpaired) electrons. The van der Waals surface area contributed by atoms with Gasteiger partial charge >= 0.3 is 0 Å². The number of halogens is 2. The Kier molecular flexibility index (Phi) is 1.74. The Hall–Kier alpha value is -0.730. The summed E-state index contributed by atoms with van der Waals surface area (Å²) >= 11 is 11.6. The molecule has 0 aromatic heterocycles. The molecule has 1 aliphatic rings. The summed E-state index contributed by atoms with van der Waals surface area (Å²) in [7, 11) is 0. The van der Waals surface area contributed by atoms with Crippen molar-refractivity contribution in [3.63, 3.8) is 0 Å².